The molecule has 16 heavy (non-hydrogen) atoms. The van der Waals surface area contributed by atoms with Crippen molar-refractivity contribution in [3.63, 3.8) is 0 Å². The molecule has 90 valence electrons. The number of aromatic nitrogens is 1. The molecule has 0 aromatic carbocycles. The molecule has 1 aromatic rings. The molecule has 2 heterocycles. The third kappa shape index (κ3) is 3.03. The maximum absolute atomic E-state index is 5.66. The number of hydrogen-bond acceptors (Lipinski definition) is 4. The largest absolute Gasteiger partial charge is 0.378 e. The average Bonchev–Trinajstić information content (AvgIpc) is 2.88. The molecule has 1 saturated heterocycles. The van der Waals surface area contributed by atoms with Crippen LogP contribution in [0.4, 0.5) is 0 Å². The Morgan fingerprint density at radius 3 is 3.12 bits per heavy atom. The van der Waals surface area contributed by atoms with E-state index in [0.717, 1.165) is 19.6 Å². The molecule has 0 spiro atoms. The Bertz CT molecular complexity index is 302. The van der Waals surface area contributed by atoms with Gasteiger partial charge in [-0.15, -0.1) is 11.3 Å². The van der Waals surface area contributed by atoms with Crippen LogP contribution in [0.3, 0.4) is 0 Å². The minimum absolute atomic E-state index is 0.424. The molecule has 1 aliphatic heterocycles. The number of rotatable bonds is 5. The number of ether oxygens (including phenoxy) is 1. The van der Waals surface area contributed by atoms with Gasteiger partial charge in [0.2, 0.25) is 0 Å². The lowest BCUT2D eigenvalue weighted by Crippen LogP contribution is -2.38. The lowest BCUT2D eigenvalue weighted by Gasteiger charge is -2.22. The highest BCUT2D eigenvalue weighted by Gasteiger charge is 2.29. The van der Waals surface area contributed by atoms with Crippen LogP contribution in [0, 0.1) is 5.92 Å². The van der Waals surface area contributed by atoms with E-state index in [2.05, 4.69) is 24.1 Å². The quantitative estimate of drug-likeness (QED) is 0.855. The van der Waals surface area contributed by atoms with Crippen LogP contribution in [0.5, 0.6) is 0 Å². The molecule has 1 fully saturated rings. The molecule has 0 saturated carbocycles. The fraction of sp³-hybridized carbons (Fsp3) is 0.750. The number of nitrogens with zero attached hydrogens (tertiary/aromatic N) is 1. The van der Waals surface area contributed by atoms with Crippen molar-refractivity contribution in [3.05, 3.63) is 16.6 Å². The van der Waals surface area contributed by atoms with Gasteiger partial charge in [-0.05, 0) is 26.3 Å². The van der Waals surface area contributed by atoms with Gasteiger partial charge in [0.15, 0.2) is 0 Å². The minimum Gasteiger partial charge on any atom is -0.378 e. The summed E-state index contributed by atoms with van der Waals surface area (Å²) in [5.41, 5.74) is 1.91. The zero-order chi connectivity index (χ0) is 11.4. The molecule has 3 unspecified atom stereocenters. The first-order chi connectivity index (χ1) is 7.79. The number of nitrogens with one attached hydrogen (secondary N) is 1. The molecule has 4 heteroatoms. The summed E-state index contributed by atoms with van der Waals surface area (Å²) >= 11 is 1.74. The van der Waals surface area contributed by atoms with Crippen molar-refractivity contribution in [2.24, 2.45) is 5.92 Å². The Balaban J connectivity index is 1.94. The molecule has 0 aliphatic carbocycles. The smallest absolute Gasteiger partial charge is 0.0794 e. The van der Waals surface area contributed by atoms with Crippen molar-refractivity contribution in [1.82, 2.24) is 10.3 Å². The standard InChI is InChI=1S/C12H20N2OS/c1-3-14-12(5-11-6-13-8-16-11)10-4-9(2)15-7-10/h6,8-10,12,14H,3-5,7H2,1-2H3. The molecule has 2 rings (SSSR count). The van der Waals surface area contributed by atoms with E-state index in [-0.39, 0.29) is 0 Å². The summed E-state index contributed by atoms with van der Waals surface area (Å²) < 4.78 is 5.66. The first kappa shape index (κ1) is 12.0. The summed E-state index contributed by atoms with van der Waals surface area (Å²) in [5.74, 6) is 0.650. The van der Waals surface area contributed by atoms with E-state index in [1.54, 1.807) is 11.3 Å². The maximum Gasteiger partial charge on any atom is 0.0794 e. The minimum atomic E-state index is 0.424. The highest BCUT2D eigenvalue weighted by molar-refractivity contribution is 7.09. The van der Waals surface area contributed by atoms with Crippen LogP contribution in [0.25, 0.3) is 0 Å². The molecule has 0 amide bonds. The normalized spacial score (nSPS) is 27.1. The summed E-state index contributed by atoms with van der Waals surface area (Å²) in [4.78, 5) is 5.50. The van der Waals surface area contributed by atoms with Gasteiger partial charge < -0.3 is 10.1 Å². The van der Waals surface area contributed by atoms with E-state index in [4.69, 9.17) is 4.74 Å². The average molecular weight is 240 g/mol. The fourth-order valence-electron chi connectivity index (χ4n) is 2.36. The van der Waals surface area contributed by atoms with Gasteiger partial charge in [0.1, 0.15) is 0 Å². The predicted octanol–water partition coefficient (Wildman–Crippen LogP) is 2.09. The van der Waals surface area contributed by atoms with Crippen molar-refractivity contribution in [2.75, 3.05) is 13.2 Å². The van der Waals surface area contributed by atoms with Crippen LogP contribution >= 0.6 is 11.3 Å². The molecule has 3 atom stereocenters. The van der Waals surface area contributed by atoms with Gasteiger partial charge in [0.25, 0.3) is 0 Å². The summed E-state index contributed by atoms with van der Waals surface area (Å²) in [6.07, 6.45) is 4.66. The molecular formula is C12H20N2OS. The van der Waals surface area contributed by atoms with Gasteiger partial charge in [-0.2, -0.15) is 0 Å². The van der Waals surface area contributed by atoms with E-state index in [9.17, 15) is 0 Å². The maximum atomic E-state index is 5.66. The topological polar surface area (TPSA) is 34.2 Å². The monoisotopic (exact) mass is 240 g/mol. The summed E-state index contributed by atoms with van der Waals surface area (Å²) in [5, 5.41) is 3.58. The zero-order valence-electron chi connectivity index (χ0n) is 9.98. The summed E-state index contributed by atoms with van der Waals surface area (Å²) in [7, 11) is 0. The second-order valence-electron chi connectivity index (χ2n) is 4.48. The molecular weight excluding hydrogens is 220 g/mol. The lowest BCUT2D eigenvalue weighted by atomic mass is 9.94. The van der Waals surface area contributed by atoms with Crippen molar-refractivity contribution in [3.8, 4) is 0 Å². The second-order valence-corrected chi connectivity index (χ2v) is 5.45. The molecule has 3 nitrogen and oxygen atoms in total. The van der Waals surface area contributed by atoms with Gasteiger partial charge in [0.05, 0.1) is 18.2 Å². The highest BCUT2D eigenvalue weighted by Crippen LogP contribution is 2.25. The van der Waals surface area contributed by atoms with Gasteiger partial charge in [-0.25, -0.2) is 0 Å². The molecule has 0 bridgehead atoms. The van der Waals surface area contributed by atoms with Gasteiger partial charge in [0, 0.05) is 23.0 Å². The Morgan fingerprint density at radius 1 is 1.69 bits per heavy atom. The van der Waals surface area contributed by atoms with E-state index < -0.39 is 0 Å². The molecule has 1 aromatic heterocycles. The van der Waals surface area contributed by atoms with Crippen molar-refractivity contribution < 1.29 is 4.74 Å². The summed E-state index contributed by atoms with van der Waals surface area (Å²) in [6, 6.07) is 0.537. The molecule has 1 aliphatic rings. The van der Waals surface area contributed by atoms with Gasteiger partial charge in [-0.3, -0.25) is 4.98 Å². The van der Waals surface area contributed by atoms with Crippen LogP contribution in [0.15, 0.2) is 11.7 Å². The first-order valence-electron chi connectivity index (χ1n) is 6.02. The zero-order valence-corrected chi connectivity index (χ0v) is 10.8. The van der Waals surface area contributed by atoms with E-state index in [0.29, 0.717) is 18.1 Å². The Labute approximate surface area is 101 Å². The van der Waals surface area contributed by atoms with Crippen molar-refractivity contribution >= 4 is 11.3 Å². The van der Waals surface area contributed by atoms with Crippen LogP contribution < -0.4 is 5.32 Å². The Morgan fingerprint density at radius 2 is 2.56 bits per heavy atom. The SMILES string of the molecule is CCNC(Cc1cncs1)C1COC(C)C1. The lowest BCUT2D eigenvalue weighted by molar-refractivity contribution is 0.117. The second kappa shape index (κ2) is 5.75. The van der Waals surface area contributed by atoms with E-state index in [1.807, 2.05) is 11.7 Å². The third-order valence-corrected chi connectivity index (χ3v) is 3.97. The van der Waals surface area contributed by atoms with Crippen molar-refractivity contribution in [2.45, 2.75) is 38.8 Å². The van der Waals surface area contributed by atoms with Crippen LogP contribution in [0.1, 0.15) is 25.1 Å². The first-order valence-corrected chi connectivity index (χ1v) is 6.90. The molecule has 0 radical (unpaired) electrons. The number of thiazole rings is 1. The Hall–Kier alpha value is -0.450. The number of hydrogen-bond donors (Lipinski definition) is 1. The van der Waals surface area contributed by atoms with Gasteiger partial charge in [-0.1, -0.05) is 6.92 Å². The number of likely N-dealkylation sites (N-methyl/N-ethyl adjacent to an activating group) is 1. The van der Waals surface area contributed by atoms with Gasteiger partial charge >= 0.3 is 0 Å². The fourth-order valence-corrected chi connectivity index (χ4v) is 3.01. The predicted molar refractivity (Wildman–Crippen MR) is 66.8 cm³/mol. The van der Waals surface area contributed by atoms with Crippen LogP contribution in [-0.2, 0) is 11.2 Å². The van der Waals surface area contributed by atoms with Crippen LogP contribution in [-0.4, -0.2) is 30.3 Å². The third-order valence-electron chi connectivity index (χ3n) is 3.17. The van der Waals surface area contributed by atoms with E-state index in [1.165, 1.54) is 11.3 Å². The highest BCUT2D eigenvalue weighted by atomic mass is 32.1. The summed E-state index contributed by atoms with van der Waals surface area (Å²) in [6.45, 7) is 6.25. The van der Waals surface area contributed by atoms with E-state index >= 15 is 0 Å². The Kier molecular flexibility index (Phi) is 4.32. The van der Waals surface area contributed by atoms with Crippen molar-refractivity contribution in [1.29, 1.82) is 0 Å². The molecule has 1 N–H and O–H groups in total. The van der Waals surface area contributed by atoms with Crippen LogP contribution in [0.2, 0.25) is 0 Å².